The average molecular weight is 402 g/mol. The molecular weight excluding hydrogens is 374 g/mol. The first-order valence-corrected chi connectivity index (χ1v) is 10.4. The molecular formula is C25H27N3O2. The van der Waals surface area contributed by atoms with Gasteiger partial charge in [0, 0.05) is 31.4 Å². The molecule has 1 amide bonds. The van der Waals surface area contributed by atoms with Gasteiger partial charge in [-0.15, -0.1) is 0 Å². The Bertz CT molecular complexity index is 1000. The Balaban J connectivity index is 1.33. The Labute approximate surface area is 177 Å². The zero-order chi connectivity index (χ0) is 20.9. The van der Waals surface area contributed by atoms with Crippen LogP contribution in [0.4, 0.5) is 0 Å². The fourth-order valence-electron chi connectivity index (χ4n) is 3.91. The summed E-state index contributed by atoms with van der Waals surface area (Å²) in [6, 6.07) is 20.4. The second-order valence-corrected chi connectivity index (χ2v) is 7.96. The zero-order valence-electron chi connectivity index (χ0n) is 17.3. The minimum absolute atomic E-state index is 0.00938. The van der Waals surface area contributed by atoms with Gasteiger partial charge in [0.25, 0.3) is 5.91 Å². The van der Waals surface area contributed by atoms with Crippen molar-refractivity contribution in [2.75, 3.05) is 26.7 Å². The molecule has 5 heteroatoms. The third-order valence-electron chi connectivity index (χ3n) is 5.56. The molecule has 1 fully saturated rings. The molecule has 154 valence electrons. The normalized spacial score (nSPS) is 13.7. The molecule has 1 aromatic heterocycles. The summed E-state index contributed by atoms with van der Waals surface area (Å²) >= 11 is 0. The quantitative estimate of drug-likeness (QED) is 0.603. The number of rotatable bonds is 7. The van der Waals surface area contributed by atoms with Gasteiger partial charge in [0.1, 0.15) is 5.69 Å². The number of hydrogen-bond donors (Lipinski definition) is 1. The Morgan fingerprint density at radius 2 is 1.63 bits per heavy atom. The highest BCUT2D eigenvalue weighted by molar-refractivity contribution is 6.01. The van der Waals surface area contributed by atoms with Gasteiger partial charge in [0.2, 0.25) is 0 Å². The summed E-state index contributed by atoms with van der Waals surface area (Å²) in [6.45, 7) is 2.58. The first-order valence-electron chi connectivity index (χ1n) is 10.4. The van der Waals surface area contributed by atoms with Crippen LogP contribution < -0.4 is 0 Å². The molecule has 3 aromatic rings. The van der Waals surface area contributed by atoms with Gasteiger partial charge in [-0.3, -0.25) is 14.5 Å². The maximum absolute atomic E-state index is 12.7. The number of Topliss-reactive ketones (excluding diaryl/α,β-unsaturated/α-hetero) is 1. The van der Waals surface area contributed by atoms with Crippen LogP contribution in [0.3, 0.4) is 0 Å². The molecule has 0 spiro atoms. The van der Waals surface area contributed by atoms with Crippen LogP contribution in [0.15, 0.2) is 66.9 Å². The number of nitrogens with one attached hydrogen (secondary N) is 1. The van der Waals surface area contributed by atoms with Crippen LogP contribution in [0.5, 0.6) is 0 Å². The molecule has 4 rings (SSSR count). The minimum atomic E-state index is -0.0154. The molecule has 0 saturated carbocycles. The van der Waals surface area contributed by atoms with E-state index in [4.69, 9.17) is 0 Å². The number of aromatic nitrogens is 1. The lowest BCUT2D eigenvalue weighted by Gasteiger charge is -2.16. The van der Waals surface area contributed by atoms with Crippen molar-refractivity contribution in [2.24, 2.45) is 0 Å². The maximum atomic E-state index is 12.7. The van der Waals surface area contributed by atoms with E-state index in [1.165, 1.54) is 11.1 Å². The van der Waals surface area contributed by atoms with Crippen molar-refractivity contribution in [1.29, 1.82) is 0 Å². The summed E-state index contributed by atoms with van der Waals surface area (Å²) in [4.78, 5) is 31.9. The standard InChI is InChI=1S/C25H27N3O2/c1-27(17-19-9-11-21(12-10-19)20-7-3-2-4-8-20)18-24(29)22-15-23(26-16-22)25(30)28-13-5-6-14-28/h2-4,7-12,15-16,26H,5-6,13-14,17-18H2,1H3. The topological polar surface area (TPSA) is 56.4 Å². The van der Waals surface area contributed by atoms with Crippen LogP contribution in [-0.2, 0) is 6.54 Å². The van der Waals surface area contributed by atoms with E-state index in [2.05, 4.69) is 41.4 Å². The number of nitrogens with zero attached hydrogens (tertiary/aromatic N) is 2. The number of likely N-dealkylation sites (N-methyl/N-ethyl adjacent to an activating group) is 1. The molecule has 2 aromatic carbocycles. The Kier molecular flexibility index (Phi) is 6.10. The van der Waals surface area contributed by atoms with E-state index >= 15 is 0 Å². The number of carbonyl (C=O) groups is 2. The first kappa shape index (κ1) is 20.1. The molecule has 0 radical (unpaired) electrons. The van der Waals surface area contributed by atoms with Gasteiger partial charge in [-0.05, 0) is 42.6 Å². The summed E-state index contributed by atoms with van der Waals surface area (Å²) in [5.41, 5.74) is 4.59. The number of likely N-dealkylation sites (tertiary alicyclic amines) is 1. The molecule has 30 heavy (non-hydrogen) atoms. The smallest absolute Gasteiger partial charge is 0.270 e. The summed E-state index contributed by atoms with van der Waals surface area (Å²) in [7, 11) is 1.94. The monoisotopic (exact) mass is 401 g/mol. The van der Waals surface area contributed by atoms with Crippen molar-refractivity contribution >= 4 is 11.7 Å². The molecule has 0 unspecified atom stereocenters. The van der Waals surface area contributed by atoms with Crippen LogP contribution in [0.2, 0.25) is 0 Å². The molecule has 1 N–H and O–H groups in total. The highest BCUT2D eigenvalue weighted by Gasteiger charge is 2.22. The van der Waals surface area contributed by atoms with Crippen LogP contribution in [-0.4, -0.2) is 53.2 Å². The largest absolute Gasteiger partial charge is 0.356 e. The van der Waals surface area contributed by atoms with Gasteiger partial charge in [0.05, 0.1) is 6.54 Å². The average Bonchev–Trinajstić information content (AvgIpc) is 3.47. The van der Waals surface area contributed by atoms with Gasteiger partial charge < -0.3 is 9.88 Å². The first-order chi connectivity index (χ1) is 14.6. The van der Waals surface area contributed by atoms with Crippen molar-refractivity contribution in [3.63, 3.8) is 0 Å². The Hall–Kier alpha value is -3.18. The number of carbonyl (C=O) groups excluding carboxylic acids is 2. The number of amides is 1. The van der Waals surface area contributed by atoms with Crippen molar-refractivity contribution in [1.82, 2.24) is 14.8 Å². The van der Waals surface area contributed by atoms with Gasteiger partial charge in [-0.2, -0.15) is 0 Å². The van der Waals surface area contributed by atoms with Gasteiger partial charge in [-0.1, -0.05) is 54.6 Å². The molecule has 2 heterocycles. The molecule has 0 bridgehead atoms. The summed E-state index contributed by atoms with van der Waals surface area (Å²) in [5, 5.41) is 0. The van der Waals surface area contributed by atoms with E-state index in [1.54, 1.807) is 12.3 Å². The number of ketones is 1. The Morgan fingerprint density at radius 1 is 0.967 bits per heavy atom. The second kappa shape index (κ2) is 9.09. The Morgan fingerprint density at radius 3 is 2.33 bits per heavy atom. The van der Waals surface area contributed by atoms with E-state index in [0.717, 1.165) is 31.5 Å². The third kappa shape index (κ3) is 4.69. The lowest BCUT2D eigenvalue weighted by atomic mass is 10.0. The highest BCUT2D eigenvalue weighted by Crippen LogP contribution is 2.20. The predicted octanol–water partition coefficient (Wildman–Crippen LogP) is 4.23. The summed E-state index contributed by atoms with van der Waals surface area (Å²) in [5.74, 6) is -0.00598. The van der Waals surface area contributed by atoms with Crippen LogP contribution in [0, 0.1) is 0 Å². The van der Waals surface area contributed by atoms with E-state index in [1.807, 2.05) is 35.0 Å². The minimum Gasteiger partial charge on any atom is -0.356 e. The van der Waals surface area contributed by atoms with Crippen LogP contribution in [0.1, 0.15) is 39.3 Å². The van der Waals surface area contributed by atoms with E-state index in [9.17, 15) is 9.59 Å². The number of aromatic amines is 1. The summed E-state index contributed by atoms with van der Waals surface area (Å²) < 4.78 is 0. The van der Waals surface area contributed by atoms with Crippen molar-refractivity contribution in [3.05, 3.63) is 83.7 Å². The van der Waals surface area contributed by atoms with Gasteiger partial charge >= 0.3 is 0 Å². The molecule has 0 atom stereocenters. The lowest BCUT2D eigenvalue weighted by Crippen LogP contribution is -2.28. The predicted molar refractivity (Wildman–Crippen MR) is 118 cm³/mol. The molecule has 0 aliphatic carbocycles. The van der Waals surface area contributed by atoms with E-state index in [0.29, 0.717) is 24.3 Å². The van der Waals surface area contributed by atoms with Crippen LogP contribution in [0.25, 0.3) is 11.1 Å². The second-order valence-electron chi connectivity index (χ2n) is 7.96. The molecule has 5 nitrogen and oxygen atoms in total. The maximum Gasteiger partial charge on any atom is 0.270 e. The number of H-pyrrole nitrogens is 1. The third-order valence-corrected chi connectivity index (χ3v) is 5.56. The van der Waals surface area contributed by atoms with E-state index < -0.39 is 0 Å². The van der Waals surface area contributed by atoms with Crippen molar-refractivity contribution in [2.45, 2.75) is 19.4 Å². The fraction of sp³-hybridized carbons (Fsp3) is 0.280. The van der Waals surface area contributed by atoms with Gasteiger partial charge in [0.15, 0.2) is 5.78 Å². The number of hydrogen-bond acceptors (Lipinski definition) is 3. The van der Waals surface area contributed by atoms with E-state index in [-0.39, 0.29) is 11.7 Å². The van der Waals surface area contributed by atoms with Gasteiger partial charge in [-0.25, -0.2) is 0 Å². The zero-order valence-corrected chi connectivity index (χ0v) is 17.3. The molecule has 1 aliphatic rings. The summed E-state index contributed by atoms with van der Waals surface area (Å²) in [6.07, 6.45) is 3.75. The fourth-order valence-corrected chi connectivity index (χ4v) is 3.91. The van der Waals surface area contributed by atoms with Crippen molar-refractivity contribution < 1.29 is 9.59 Å². The SMILES string of the molecule is CN(CC(=O)c1c[nH]c(C(=O)N2CCCC2)c1)Cc1ccc(-c2ccccc2)cc1. The van der Waals surface area contributed by atoms with Crippen LogP contribution >= 0.6 is 0 Å². The number of benzene rings is 2. The molecule has 1 saturated heterocycles. The van der Waals surface area contributed by atoms with Crippen molar-refractivity contribution in [3.8, 4) is 11.1 Å². The highest BCUT2D eigenvalue weighted by atomic mass is 16.2. The molecule has 1 aliphatic heterocycles. The lowest BCUT2D eigenvalue weighted by molar-refractivity contribution is 0.0787.